The Kier molecular flexibility index (Phi) is 4.99. The summed E-state index contributed by atoms with van der Waals surface area (Å²) in [7, 11) is 0. The topological polar surface area (TPSA) is 21.3 Å². The molecule has 0 bridgehead atoms. The van der Waals surface area contributed by atoms with Crippen molar-refractivity contribution in [1.82, 2.24) is 5.32 Å². The molecule has 0 aromatic heterocycles. The van der Waals surface area contributed by atoms with E-state index < -0.39 is 0 Å². The fourth-order valence-electron chi connectivity index (χ4n) is 1.83. The van der Waals surface area contributed by atoms with Crippen LogP contribution in [0.4, 0.5) is 0 Å². The molecule has 0 atom stereocenters. The van der Waals surface area contributed by atoms with Gasteiger partial charge in [0.15, 0.2) is 0 Å². The van der Waals surface area contributed by atoms with Gasteiger partial charge in [0.25, 0.3) is 0 Å². The lowest BCUT2D eigenvalue weighted by atomic mass is 10.1. The van der Waals surface area contributed by atoms with Crippen molar-refractivity contribution < 1.29 is 4.74 Å². The van der Waals surface area contributed by atoms with E-state index in [1.807, 2.05) is 30.3 Å². The lowest BCUT2D eigenvalue weighted by molar-refractivity contribution is 0.306. The minimum atomic E-state index is 0.504. The lowest BCUT2D eigenvalue weighted by Crippen LogP contribution is -2.21. The summed E-state index contributed by atoms with van der Waals surface area (Å²) < 4.78 is 5.75. The monoisotopic (exact) mass is 255 g/mol. The average Bonchev–Trinajstić information content (AvgIpc) is 2.44. The van der Waals surface area contributed by atoms with Crippen molar-refractivity contribution in [2.45, 2.75) is 33.0 Å². The number of ether oxygens (including phenoxy) is 1. The molecule has 0 aliphatic heterocycles. The van der Waals surface area contributed by atoms with Gasteiger partial charge in [-0.3, -0.25) is 0 Å². The van der Waals surface area contributed by atoms with E-state index in [-0.39, 0.29) is 0 Å². The van der Waals surface area contributed by atoms with Crippen LogP contribution in [0.5, 0.6) is 5.75 Å². The summed E-state index contributed by atoms with van der Waals surface area (Å²) in [6, 6.07) is 18.9. The minimum Gasteiger partial charge on any atom is -0.489 e. The molecular weight excluding hydrogens is 234 g/mol. The van der Waals surface area contributed by atoms with Crippen molar-refractivity contribution in [3.8, 4) is 5.75 Å². The molecule has 0 saturated heterocycles. The van der Waals surface area contributed by atoms with Crippen molar-refractivity contribution in [2.75, 3.05) is 0 Å². The highest BCUT2D eigenvalue weighted by atomic mass is 16.5. The molecule has 2 aromatic carbocycles. The lowest BCUT2D eigenvalue weighted by Gasteiger charge is -2.10. The van der Waals surface area contributed by atoms with E-state index in [4.69, 9.17) is 4.74 Å². The van der Waals surface area contributed by atoms with Gasteiger partial charge in [-0.05, 0) is 23.3 Å². The first kappa shape index (κ1) is 13.6. The van der Waals surface area contributed by atoms with Crippen LogP contribution in [0.2, 0.25) is 0 Å². The molecule has 0 aliphatic carbocycles. The van der Waals surface area contributed by atoms with Gasteiger partial charge in [0.2, 0.25) is 0 Å². The van der Waals surface area contributed by atoms with Crippen LogP contribution in [0.15, 0.2) is 54.6 Å². The van der Waals surface area contributed by atoms with Gasteiger partial charge < -0.3 is 10.1 Å². The molecule has 2 heteroatoms. The number of nitrogens with one attached hydrogen (secondary N) is 1. The molecule has 0 fully saturated rings. The van der Waals surface area contributed by atoms with Crippen LogP contribution >= 0.6 is 0 Å². The third-order valence-corrected chi connectivity index (χ3v) is 2.85. The van der Waals surface area contributed by atoms with Crippen molar-refractivity contribution >= 4 is 0 Å². The van der Waals surface area contributed by atoms with Crippen LogP contribution in [-0.4, -0.2) is 6.04 Å². The Morgan fingerprint density at radius 2 is 1.68 bits per heavy atom. The Labute approximate surface area is 115 Å². The van der Waals surface area contributed by atoms with E-state index in [1.54, 1.807) is 0 Å². The Morgan fingerprint density at radius 3 is 2.42 bits per heavy atom. The van der Waals surface area contributed by atoms with Gasteiger partial charge in [0.05, 0.1) is 0 Å². The third-order valence-electron chi connectivity index (χ3n) is 2.85. The second-order valence-electron chi connectivity index (χ2n) is 4.96. The van der Waals surface area contributed by atoms with Crippen molar-refractivity contribution in [3.05, 3.63) is 65.7 Å². The van der Waals surface area contributed by atoms with Gasteiger partial charge in [-0.25, -0.2) is 0 Å². The quantitative estimate of drug-likeness (QED) is 0.848. The summed E-state index contributed by atoms with van der Waals surface area (Å²) in [6.45, 7) is 5.82. The van der Waals surface area contributed by atoms with Crippen LogP contribution in [0, 0.1) is 0 Å². The Bertz CT molecular complexity index is 494. The summed E-state index contributed by atoms with van der Waals surface area (Å²) in [5.41, 5.74) is 2.50. The second-order valence-corrected chi connectivity index (χ2v) is 4.96. The summed E-state index contributed by atoms with van der Waals surface area (Å²) in [4.78, 5) is 0. The maximum atomic E-state index is 5.75. The zero-order valence-electron chi connectivity index (χ0n) is 11.6. The fourth-order valence-corrected chi connectivity index (χ4v) is 1.83. The highest BCUT2D eigenvalue weighted by Gasteiger charge is 1.99. The van der Waals surface area contributed by atoms with E-state index in [1.165, 1.54) is 11.1 Å². The average molecular weight is 255 g/mol. The zero-order chi connectivity index (χ0) is 13.5. The van der Waals surface area contributed by atoms with E-state index in [0.717, 1.165) is 12.3 Å². The van der Waals surface area contributed by atoms with Gasteiger partial charge in [-0.15, -0.1) is 0 Å². The summed E-state index contributed by atoms with van der Waals surface area (Å²) in [5.74, 6) is 0.910. The number of hydrogen-bond donors (Lipinski definition) is 1. The number of hydrogen-bond acceptors (Lipinski definition) is 2. The molecule has 19 heavy (non-hydrogen) atoms. The molecule has 2 rings (SSSR count). The minimum absolute atomic E-state index is 0.504. The second kappa shape index (κ2) is 6.95. The Balaban J connectivity index is 1.91. The van der Waals surface area contributed by atoms with Crippen LogP contribution in [0.3, 0.4) is 0 Å². The predicted octanol–water partition coefficient (Wildman–Crippen LogP) is 3.76. The van der Waals surface area contributed by atoms with Gasteiger partial charge >= 0.3 is 0 Å². The van der Waals surface area contributed by atoms with E-state index >= 15 is 0 Å². The van der Waals surface area contributed by atoms with Crippen LogP contribution in [-0.2, 0) is 13.2 Å². The first-order valence-electron chi connectivity index (χ1n) is 6.73. The maximum absolute atomic E-state index is 5.75. The SMILES string of the molecule is CC(C)NCc1cccc(COc2ccccc2)c1. The molecule has 1 N–H and O–H groups in total. The smallest absolute Gasteiger partial charge is 0.119 e. The Morgan fingerprint density at radius 1 is 0.947 bits per heavy atom. The van der Waals surface area contributed by atoms with Crippen LogP contribution in [0.1, 0.15) is 25.0 Å². The van der Waals surface area contributed by atoms with Gasteiger partial charge in [-0.2, -0.15) is 0 Å². The van der Waals surface area contributed by atoms with Gasteiger partial charge in [0, 0.05) is 12.6 Å². The molecule has 0 spiro atoms. The first-order valence-corrected chi connectivity index (χ1v) is 6.73. The summed E-state index contributed by atoms with van der Waals surface area (Å²) in [6.07, 6.45) is 0. The number of rotatable bonds is 6. The van der Waals surface area contributed by atoms with Gasteiger partial charge in [-0.1, -0.05) is 56.3 Å². The molecule has 0 unspecified atom stereocenters. The zero-order valence-corrected chi connectivity index (χ0v) is 11.6. The third kappa shape index (κ3) is 4.76. The maximum Gasteiger partial charge on any atom is 0.119 e. The number of para-hydroxylation sites is 1. The molecule has 100 valence electrons. The van der Waals surface area contributed by atoms with Gasteiger partial charge in [0.1, 0.15) is 12.4 Å². The molecule has 2 aromatic rings. The highest BCUT2D eigenvalue weighted by molar-refractivity contribution is 5.25. The molecule has 0 saturated carbocycles. The normalized spacial score (nSPS) is 10.7. The van der Waals surface area contributed by atoms with Crippen LogP contribution < -0.4 is 10.1 Å². The van der Waals surface area contributed by atoms with Crippen molar-refractivity contribution in [3.63, 3.8) is 0 Å². The molecular formula is C17H21NO. The Hall–Kier alpha value is -1.80. The molecule has 0 heterocycles. The molecule has 0 radical (unpaired) electrons. The summed E-state index contributed by atoms with van der Waals surface area (Å²) >= 11 is 0. The first-order chi connectivity index (χ1) is 9.24. The van der Waals surface area contributed by atoms with E-state index in [2.05, 4.69) is 43.4 Å². The fraction of sp³-hybridized carbons (Fsp3) is 0.294. The largest absolute Gasteiger partial charge is 0.489 e. The van der Waals surface area contributed by atoms with Crippen molar-refractivity contribution in [1.29, 1.82) is 0 Å². The molecule has 0 aliphatic rings. The van der Waals surface area contributed by atoms with Crippen molar-refractivity contribution in [2.24, 2.45) is 0 Å². The van der Waals surface area contributed by atoms with E-state index in [0.29, 0.717) is 12.6 Å². The van der Waals surface area contributed by atoms with E-state index in [9.17, 15) is 0 Å². The summed E-state index contributed by atoms with van der Waals surface area (Å²) in [5, 5.41) is 3.42. The number of benzene rings is 2. The van der Waals surface area contributed by atoms with Crippen LogP contribution in [0.25, 0.3) is 0 Å². The standard InChI is InChI=1S/C17H21NO/c1-14(2)18-12-15-7-6-8-16(11-15)13-19-17-9-4-3-5-10-17/h3-11,14,18H,12-13H2,1-2H3. The molecule has 0 amide bonds. The predicted molar refractivity (Wildman–Crippen MR) is 79.2 cm³/mol. The highest BCUT2D eigenvalue weighted by Crippen LogP contribution is 2.12. The molecule has 2 nitrogen and oxygen atoms in total.